The molecular weight excluding hydrogens is 310 g/mol. The Bertz CT molecular complexity index is 708. The Morgan fingerprint density at radius 2 is 2.11 bits per heavy atom. The van der Waals surface area contributed by atoms with E-state index in [0.29, 0.717) is 5.69 Å². The first-order chi connectivity index (χ1) is 8.72. The summed E-state index contributed by atoms with van der Waals surface area (Å²) in [5, 5.41) is 6.59. The molecule has 0 saturated heterocycles. The van der Waals surface area contributed by atoms with Crippen LogP contribution in [-0.2, 0) is 0 Å². The molecule has 90 valence electrons. The highest BCUT2D eigenvalue weighted by molar-refractivity contribution is 9.10. The van der Waals surface area contributed by atoms with Gasteiger partial charge in [-0.15, -0.1) is 11.3 Å². The molecule has 3 rings (SSSR count). The van der Waals surface area contributed by atoms with E-state index < -0.39 is 0 Å². The number of hydrogen-bond donors (Lipinski definition) is 2. The van der Waals surface area contributed by atoms with Crippen molar-refractivity contribution in [2.45, 2.75) is 0 Å². The first-order valence-electron chi connectivity index (χ1n) is 5.38. The predicted octanol–water partition coefficient (Wildman–Crippen LogP) is 4.38. The van der Waals surface area contributed by atoms with Crippen LogP contribution in [0.25, 0.3) is 10.1 Å². The number of thiophene rings is 1. The molecule has 0 bridgehead atoms. The van der Waals surface area contributed by atoms with Crippen LogP contribution in [0.4, 0.5) is 17.2 Å². The number of fused-ring (bicyclic) bond motifs is 1. The van der Waals surface area contributed by atoms with Crippen LogP contribution in [-0.4, -0.2) is 4.98 Å². The number of benzene rings is 1. The van der Waals surface area contributed by atoms with E-state index in [1.807, 2.05) is 12.1 Å². The van der Waals surface area contributed by atoms with Gasteiger partial charge in [-0.05, 0) is 57.0 Å². The number of pyridine rings is 1. The molecule has 3 aromatic rings. The number of anilines is 3. The molecule has 0 amide bonds. The average molecular weight is 320 g/mol. The summed E-state index contributed by atoms with van der Waals surface area (Å²) in [6.45, 7) is 0. The molecule has 2 heterocycles. The maximum Gasteiger partial charge on any atom is 0.144 e. The van der Waals surface area contributed by atoms with Crippen LogP contribution in [0, 0.1) is 0 Å². The zero-order chi connectivity index (χ0) is 12.5. The lowest BCUT2D eigenvalue weighted by molar-refractivity contribution is 1.29. The molecule has 1 aromatic carbocycles. The summed E-state index contributed by atoms with van der Waals surface area (Å²) in [5.41, 5.74) is 7.31. The van der Waals surface area contributed by atoms with E-state index in [2.05, 4.69) is 49.8 Å². The van der Waals surface area contributed by atoms with Gasteiger partial charge in [-0.25, -0.2) is 4.98 Å². The lowest BCUT2D eigenvalue weighted by Crippen LogP contribution is -1.96. The van der Waals surface area contributed by atoms with Crippen molar-refractivity contribution in [1.29, 1.82) is 0 Å². The third kappa shape index (κ3) is 2.19. The number of nitrogen functional groups attached to an aromatic ring is 1. The molecule has 0 aliphatic carbocycles. The zero-order valence-electron chi connectivity index (χ0n) is 9.35. The largest absolute Gasteiger partial charge is 0.397 e. The van der Waals surface area contributed by atoms with Crippen LogP contribution in [0.2, 0.25) is 0 Å². The second-order valence-electron chi connectivity index (χ2n) is 3.90. The van der Waals surface area contributed by atoms with Crippen molar-refractivity contribution in [3.8, 4) is 0 Å². The topological polar surface area (TPSA) is 50.9 Å². The number of nitrogens with two attached hydrogens (primary N) is 1. The fraction of sp³-hybridized carbons (Fsp3) is 0. The van der Waals surface area contributed by atoms with Crippen molar-refractivity contribution < 1.29 is 0 Å². The van der Waals surface area contributed by atoms with Gasteiger partial charge in [-0.2, -0.15) is 0 Å². The van der Waals surface area contributed by atoms with Gasteiger partial charge in [-0.3, -0.25) is 0 Å². The van der Waals surface area contributed by atoms with E-state index in [1.54, 1.807) is 17.5 Å². The smallest absolute Gasteiger partial charge is 0.144 e. The maximum atomic E-state index is 5.66. The van der Waals surface area contributed by atoms with Crippen molar-refractivity contribution in [1.82, 2.24) is 4.98 Å². The summed E-state index contributed by atoms with van der Waals surface area (Å²) in [5.74, 6) is 0.763. The van der Waals surface area contributed by atoms with Gasteiger partial charge in [0.1, 0.15) is 5.82 Å². The minimum absolute atomic E-state index is 0.640. The first kappa shape index (κ1) is 11.5. The second kappa shape index (κ2) is 4.59. The third-order valence-electron chi connectivity index (χ3n) is 2.58. The summed E-state index contributed by atoms with van der Waals surface area (Å²) in [4.78, 5) is 4.26. The standard InChI is InChI=1S/C13H10BrN3S/c14-11-6-9(15)7-16-13(11)17-10-1-2-12-8(5-10)3-4-18-12/h1-7H,15H2,(H,16,17). The molecule has 0 aliphatic rings. The number of aromatic nitrogens is 1. The van der Waals surface area contributed by atoms with Crippen LogP contribution in [0.1, 0.15) is 0 Å². The molecule has 2 aromatic heterocycles. The van der Waals surface area contributed by atoms with Crippen LogP contribution >= 0.6 is 27.3 Å². The number of nitrogens with one attached hydrogen (secondary N) is 1. The Labute approximate surface area is 117 Å². The van der Waals surface area contributed by atoms with Gasteiger partial charge in [0.05, 0.1) is 16.4 Å². The predicted molar refractivity (Wildman–Crippen MR) is 81.5 cm³/mol. The quantitative estimate of drug-likeness (QED) is 0.736. The Balaban J connectivity index is 1.95. The number of halogens is 1. The van der Waals surface area contributed by atoms with Crippen LogP contribution in [0.5, 0.6) is 0 Å². The third-order valence-corrected chi connectivity index (χ3v) is 4.08. The van der Waals surface area contributed by atoms with Crippen molar-refractivity contribution >= 4 is 54.5 Å². The SMILES string of the molecule is Nc1cnc(Nc2ccc3sccc3c2)c(Br)c1. The van der Waals surface area contributed by atoms with E-state index in [9.17, 15) is 0 Å². The van der Waals surface area contributed by atoms with E-state index in [-0.39, 0.29) is 0 Å². The van der Waals surface area contributed by atoms with E-state index in [1.165, 1.54) is 10.1 Å². The van der Waals surface area contributed by atoms with Crippen molar-refractivity contribution in [2.24, 2.45) is 0 Å². The number of rotatable bonds is 2. The summed E-state index contributed by atoms with van der Waals surface area (Å²) in [6.07, 6.45) is 1.64. The molecule has 0 saturated carbocycles. The van der Waals surface area contributed by atoms with Crippen molar-refractivity contribution in [3.63, 3.8) is 0 Å². The van der Waals surface area contributed by atoms with Gasteiger partial charge in [0, 0.05) is 10.4 Å². The molecule has 3 N–H and O–H groups in total. The monoisotopic (exact) mass is 319 g/mol. The normalized spacial score (nSPS) is 10.7. The van der Waals surface area contributed by atoms with Gasteiger partial charge >= 0.3 is 0 Å². The summed E-state index contributed by atoms with van der Waals surface area (Å²) < 4.78 is 2.14. The van der Waals surface area contributed by atoms with E-state index in [0.717, 1.165) is 16.0 Å². The van der Waals surface area contributed by atoms with Crippen molar-refractivity contribution in [3.05, 3.63) is 46.4 Å². The fourth-order valence-electron chi connectivity index (χ4n) is 1.73. The van der Waals surface area contributed by atoms with E-state index >= 15 is 0 Å². The molecule has 0 radical (unpaired) electrons. The molecule has 0 unspecified atom stereocenters. The fourth-order valence-corrected chi connectivity index (χ4v) is 2.96. The van der Waals surface area contributed by atoms with Gasteiger partial charge in [0.25, 0.3) is 0 Å². The summed E-state index contributed by atoms with van der Waals surface area (Å²) in [6, 6.07) is 10.2. The van der Waals surface area contributed by atoms with Crippen LogP contribution < -0.4 is 11.1 Å². The van der Waals surface area contributed by atoms with E-state index in [4.69, 9.17) is 5.73 Å². The highest BCUT2D eigenvalue weighted by atomic mass is 79.9. The Kier molecular flexibility index (Phi) is 2.93. The summed E-state index contributed by atoms with van der Waals surface area (Å²) in [7, 11) is 0. The minimum atomic E-state index is 0.640. The average Bonchev–Trinajstić information content (AvgIpc) is 2.80. The molecule has 0 spiro atoms. The highest BCUT2D eigenvalue weighted by Gasteiger charge is 2.03. The lowest BCUT2D eigenvalue weighted by atomic mass is 10.2. The molecule has 0 atom stereocenters. The second-order valence-corrected chi connectivity index (χ2v) is 5.70. The van der Waals surface area contributed by atoms with Gasteiger partial charge in [-0.1, -0.05) is 0 Å². The lowest BCUT2D eigenvalue weighted by Gasteiger charge is -2.08. The Morgan fingerprint density at radius 1 is 1.22 bits per heavy atom. The maximum absolute atomic E-state index is 5.66. The molecule has 5 heteroatoms. The Morgan fingerprint density at radius 3 is 2.94 bits per heavy atom. The van der Waals surface area contributed by atoms with Crippen LogP contribution in [0.3, 0.4) is 0 Å². The van der Waals surface area contributed by atoms with Gasteiger partial charge in [0.15, 0.2) is 0 Å². The number of nitrogens with zero attached hydrogens (tertiary/aromatic N) is 1. The molecule has 0 fully saturated rings. The van der Waals surface area contributed by atoms with Gasteiger partial charge < -0.3 is 11.1 Å². The first-order valence-corrected chi connectivity index (χ1v) is 7.05. The zero-order valence-corrected chi connectivity index (χ0v) is 11.8. The molecule has 0 aliphatic heterocycles. The minimum Gasteiger partial charge on any atom is -0.397 e. The molecule has 18 heavy (non-hydrogen) atoms. The summed E-state index contributed by atoms with van der Waals surface area (Å²) >= 11 is 5.18. The Hall–Kier alpha value is -1.59. The highest BCUT2D eigenvalue weighted by Crippen LogP contribution is 2.28. The number of hydrogen-bond acceptors (Lipinski definition) is 4. The van der Waals surface area contributed by atoms with Crippen LogP contribution in [0.15, 0.2) is 46.4 Å². The molecule has 3 nitrogen and oxygen atoms in total. The molecular formula is C13H10BrN3S. The van der Waals surface area contributed by atoms with Crippen molar-refractivity contribution in [2.75, 3.05) is 11.1 Å². The van der Waals surface area contributed by atoms with Gasteiger partial charge in [0.2, 0.25) is 0 Å².